The van der Waals surface area contributed by atoms with Gasteiger partial charge in [-0.05, 0) is 32.9 Å². The number of rotatable bonds is 4. The number of carbonyl (C=O) groups excluding carboxylic acids is 1. The maximum Gasteiger partial charge on any atom is 0.223 e. The fourth-order valence-corrected chi connectivity index (χ4v) is 2.21. The molecule has 0 saturated heterocycles. The summed E-state index contributed by atoms with van der Waals surface area (Å²) in [6, 6.07) is 0. The third-order valence-electron chi connectivity index (χ3n) is 3.19. The Morgan fingerprint density at radius 2 is 2.00 bits per heavy atom. The number of hydrogen-bond donors (Lipinski definition) is 2. The second-order valence-electron chi connectivity index (χ2n) is 4.06. The third kappa shape index (κ3) is 2.44. The lowest BCUT2D eigenvalue weighted by molar-refractivity contribution is -0.129. The van der Waals surface area contributed by atoms with Gasteiger partial charge >= 0.3 is 0 Å². The highest BCUT2D eigenvalue weighted by Gasteiger charge is 2.36. The number of nitrogens with two attached hydrogens (primary N) is 1. The molecular weight excluding hydrogens is 164 g/mol. The Kier molecular flexibility index (Phi) is 3.72. The van der Waals surface area contributed by atoms with Gasteiger partial charge in [0.05, 0.1) is 5.41 Å². The Bertz CT molecular complexity index is 174. The summed E-state index contributed by atoms with van der Waals surface area (Å²) in [5, 5.41) is 3.09. The number of carbonyl (C=O) groups is 1. The molecule has 0 aromatic rings. The molecule has 0 aromatic heterocycles. The molecule has 3 heteroatoms. The van der Waals surface area contributed by atoms with Crippen molar-refractivity contribution in [1.82, 2.24) is 5.32 Å². The van der Waals surface area contributed by atoms with E-state index in [1.54, 1.807) is 0 Å². The zero-order valence-electron chi connectivity index (χ0n) is 8.44. The van der Waals surface area contributed by atoms with Crippen LogP contribution >= 0.6 is 0 Å². The summed E-state index contributed by atoms with van der Waals surface area (Å²) in [7, 11) is 1.91. The molecule has 13 heavy (non-hydrogen) atoms. The fraction of sp³-hybridized carbons (Fsp3) is 0.900. The third-order valence-corrected chi connectivity index (χ3v) is 3.19. The lowest BCUT2D eigenvalue weighted by Gasteiger charge is -2.34. The Hall–Kier alpha value is -0.570. The zero-order chi connectivity index (χ0) is 9.73. The molecular formula is C10H20N2O. The molecule has 3 nitrogen and oxygen atoms in total. The Morgan fingerprint density at radius 1 is 1.38 bits per heavy atom. The van der Waals surface area contributed by atoms with E-state index in [0.717, 1.165) is 38.6 Å². The van der Waals surface area contributed by atoms with E-state index in [4.69, 9.17) is 5.73 Å². The molecule has 76 valence electrons. The van der Waals surface area contributed by atoms with Crippen LogP contribution in [0.4, 0.5) is 0 Å². The second-order valence-corrected chi connectivity index (χ2v) is 4.06. The van der Waals surface area contributed by atoms with Crippen LogP contribution in [0.2, 0.25) is 0 Å². The fourth-order valence-electron chi connectivity index (χ4n) is 2.21. The van der Waals surface area contributed by atoms with Crippen molar-refractivity contribution < 1.29 is 4.79 Å². The Balaban J connectivity index is 2.56. The molecule has 1 fully saturated rings. The van der Waals surface area contributed by atoms with Crippen LogP contribution in [0.25, 0.3) is 0 Å². The number of hydrogen-bond acceptors (Lipinski definition) is 2. The van der Waals surface area contributed by atoms with Gasteiger partial charge in [-0.15, -0.1) is 0 Å². The van der Waals surface area contributed by atoms with Crippen LogP contribution in [0.3, 0.4) is 0 Å². The van der Waals surface area contributed by atoms with Crippen molar-refractivity contribution in [1.29, 1.82) is 0 Å². The average molecular weight is 184 g/mol. The molecule has 0 aromatic carbocycles. The largest absolute Gasteiger partial charge is 0.369 e. The van der Waals surface area contributed by atoms with E-state index in [2.05, 4.69) is 5.32 Å². The first-order chi connectivity index (χ1) is 6.21. The van der Waals surface area contributed by atoms with Crippen LogP contribution in [0.1, 0.15) is 38.5 Å². The minimum absolute atomic E-state index is 0.0950. The summed E-state index contributed by atoms with van der Waals surface area (Å²) in [5.41, 5.74) is 5.28. The van der Waals surface area contributed by atoms with E-state index >= 15 is 0 Å². The molecule has 1 aliphatic rings. The summed E-state index contributed by atoms with van der Waals surface area (Å²) < 4.78 is 0. The number of primary amides is 1. The summed E-state index contributed by atoms with van der Waals surface area (Å²) in [6.45, 7) is 0.892. The van der Waals surface area contributed by atoms with Crippen LogP contribution in [-0.4, -0.2) is 19.5 Å². The summed E-state index contributed by atoms with van der Waals surface area (Å²) in [5.74, 6) is -0.0950. The average Bonchev–Trinajstić information content (AvgIpc) is 2.16. The SMILES string of the molecule is CNCCC1(C(N)=O)CCCCC1. The van der Waals surface area contributed by atoms with Gasteiger partial charge in [0.15, 0.2) is 0 Å². The Morgan fingerprint density at radius 3 is 2.46 bits per heavy atom. The molecule has 1 saturated carbocycles. The van der Waals surface area contributed by atoms with Crippen molar-refractivity contribution in [2.45, 2.75) is 38.5 Å². The minimum Gasteiger partial charge on any atom is -0.369 e. The summed E-state index contributed by atoms with van der Waals surface area (Å²) >= 11 is 0. The van der Waals surface area contributed by atoms with Gasteiger partial charge in [0.25, 0.3) is 0 Å². The van der Waals surface area contributed by atoms with E-state index in [1.807, 2.05) is 7.05 Å². The summed E-state index contributed by atoms with van der Waals surface area (Å²) in [4.78, 5) is 11.4. The molecule has 0 unspecified atom stereocenters. The van der Waals surface area contributed by atoms with E-state index in [-0.39, 0.29) is 11.3 Å². The molecule has 3 N–H and O–H groups in total. The minimum atomic E-state index is -0.193. The van der Waals surface area contributed by atoms with E-state index in [9.17, 15) is 4.79 Å². The molecule has 0 bridgehead atoms. The predicted octanol–water partition coefficient (Wildman–Crippen LogP) is 1.03. The highest BCUT2D eigenvalue weighted by molar-refractivity contribution is 5.80. The van der Waals surface area contributed by atoms with Crippen molar-refractivity contribution >= 4 is 5.91 Å². The van der Waals surface area contributed by atoms with Gasteiger partial charge in [-0.25, -0.2) is 0 Å². The van der Waals surface area contributed by atoms with Gasteiger partial charge in [-0.2, -0.15) is 0 Å². The standard InChI is InChI=1S/C10H20N2O/c1-12-8-7-10(9(11)13)5-3-2-4-6-10/h12H,2-8H2,1H3,(H2,11,13). The zero-order valence-corrected chi connectivity index (χ0v) is 8.44. The Labute approximate surface area is 80.1 Å². The first-order valence-corrected chi connectivity index (χ1v) is 5.16. The van der Waals surface area contributed by atoms with Crippen molar-refractivity contribution in [3.05, 3.63) is 0 Å². The van der Waals surface area contributed by atoms with Crippen LogP contribution in [0.15, 0.2) is 0 Å². The van der Waals surface area contributed by atoms with Gasteiger partial charge in [-0.1, -0.05) is 19.3 Å². The molecule has 1 amide bonds. The molecule has 0 atom stereocenters. The van der Waals surface area contributed by atoms with Crippen LogP contribution in [0.5, 0.6) is 0 Å². The molecule has 1 aliphatic carbocycles. The molecule has 0 radical (unpaired) electrons. The smallest absolute Gasteiger partial charge is 0.223 e. The van der Waals surface area contributed by atoms with E-state index in [0.29, 0.717) is 0 Å². The van der Waals surface area contributed by atoms with Gasteiger partial charge in [0.1, 0.15) is 0 Å². The van der Waals surface area contributed by atoms with Crippen LogP contribution in [0, 0.1) is 5.41 Å². The monoisotopic (exact) mass is 184 g/mol. The van der Waals surface area contributed by atoms with Crippen molar-refractivity contribution in [2.24, 2.45) is 11.1 Å². The van der Waals surface area contributed by atoms with Gasteiger partial charge in [-0.3, -0.25) is 4.79 Å². The quantitative estimate of drug-likeness (QED) is 0.685. The van der Waals surface area contributed by atoms with Gasteiger partial charge in [0.2, 0.25) is 5.91 Å². The van der Waals surface area contributed by atoms with Crippen LogP contribution in [-0.2, 0) is 4.79 Å². The highest BCUT2D eigenvalue weighted by atomic mass is 16.1. The maximum atomic E-state index is 11.4. The topological polar surface area (TPSA) is 55.1 Å². The molecule has 0 spiro atoms. The van der Waals surface area contributed by atoms with Crippen molar-refractivity contribution in [3.8, 4) is 0 Å². The predicted molar refractivity (Wildman–Crippen MR) is 53.3 cm³/mol. The number of nitrogens with one attached hydrogen (secondary N) is 1. The first-order valence-electron chi connectivity index (χ1n) is 5.16. The van der Waals surface area contributed by atoms with E-state index in [1.165, 1.54) is 6.42 Å². The highest BCUT2D eigenvalue weighted by Crippen LogP contribution is 2.38. The van der Waals surface area contributed by atoms with Crippen LogP contribution < -0.4 is 11.1 Å². The molecule has 0 heterocycles. The van der Waals surface area contributed by atoms with E-state index < -0.39 is 0 Å². The lowest BCUT2D eigenvalue weighted by atomic mass is 9.71. The second kappa shape index (κ2) is 4.61. The molecule has 0 aliphatic heterocycles. The van der Waals surface area contributed by atoms with Gasteiger partial charge < -0.3 is 11.1 Å². The lowest BCUT2D eigenvalue weighted by Crippen LogP contribution is -2.40. The van der Waals surface area contributed by atoms with Crippen molar-refractivity contribution in [3.63, 3.8) is 0 Å². The molecule has 1 rings (SSSR count). The normalized spacial score (nSPS) is 21.3. The maximum absolute atomic E-state index is 11.4. The van der Waals surface area contributed by atoms with Crippen molar-refractivity contribution in [2.75, 3.05) is 13.6 Å². The number of amides is 1. The first kappa shape index (κ1) is 10.5. The van der Waals surface area contributed by atoms with Gasteiger partial charge in [0, 0.05) is 0 Å². The summed E-state index contributed by atoms with van der Waals surface area (Å²) in [6.07, 6.45) is 6.46.